The summed E-state index contributed by atoms with van der Waals surface area (Å²) in [6.07, 6.45) is 5.08. The van der Waals surface area contributed by atoms with Gasteiger partial charge in [-0.1, -0.05) is 5.92 Å². The van der Waals surface area contributed by atoms with Crippen molar-refractivity contribution in [1.82, 2.24) is 5.32 Å². The zero-order valence-electron chi connectivity index (χ0n) is 13.7. The highest BCUT2D eigenvalue weighted by Gasteiger charge is 2.14. The number of sulfonamides is 1. The van der Waals surface area contributed by atoms with Gasteiger partial charge in [0.2, 0.25) is 0 Å². The summed E-state index contributed by atoms with van der Waals surface area (Å²) in [4.78, 5) is 11.9. The van der Waals surface area contributed by atoms with Crippen molar-refractivity contribution in [3.05, 3.63) is 54.1 Å². The van der Waals surface area contributed by atoms with Crippen LogP contribution in [-0.4, -0.2) is 27.5 Å². The average molecular weight is 358 g/mol. The topological polar surface area (TPSA) is 84.5 Å². The quantitative estimate of drug-likeness (QED) is 0.744. The number of hydrogen-bond acceptors (Lipinski definition) is 4. The second-order valence-corrected chi connectivity index (χ2v) is 6.66. The molecule has 6 nitrogen and oxygen atoms in total. The SMILES string of the molecule is C#CCNC(=O)c1ccc(NS(=O)(=O)c2ccc(OCC)cc2)cc1. The standard InChI is InChI=1S/C18H18N2O4S/c1-3-13-19-18(21)14-5-7-15(8-6-14)20-25(22,23)17-11-9-16(10-12-17)24-4-2/h1,5-12,20H,4,13H2,2H3,(H,19,21). The molecule has 0 saturated carbocycles. The van der Waals surface area contributed by atoms with E-state index in [0.29, 0.717) is 23.6 Å². The molecule has 2 aromatic carbocycles. The highest BCUT2D eigenvalue weighted by Crippen LogP contribution is 2.19. The number of anilines is 1. The Balaban J connectivity index is 2.10. The van der Waals surface area contributed by atoms with Crippen molar-refractivity contribution in [2.45, 2.75) is 11.8 Å². The number of carbonyl (C=O) groups excluding carboxylic acids is 1. The van der Waals surface area contributed by atoms with Crippen LogP contribution in [0.4, 0.5) is 5.69 Å². The molecule has 130 valence electrons. The molecule has 1 amide bonds. The molecule has 25 heavy (non-hydrogen) atoms. The molecule has 0 bridgehead atoms. The highest BCUT2D eigenvalue weighted by molar-refractivity contribution is 7.92. The van der Waals surface area contributed by atoms with Gasteiger partial charge in [-0.3, -0.25) is 9.52 Å². The Bertz CT molecular complexity index is 867. The molecule has 2 N–H and O–H groups in total. The van der Waals surface area contributed by atoms with Gasteiger partial charge in [0, 0.05) is 11.3 Å². The molecule has 0 radical (unpaired) electrons. The predicted octanol–water partition coefficient (Wildman–Crippen LogP) is 2.25. The summed E-state index contributed by atoms with van der Waals surface area (Å²) < 4.78 is 32.5. The minimum atomic E-state index is -3.72. The molecule has 0 aliphatic rings. The van der Waals surface area contributed by atoms with Crippen LogP contribution in [0.2, 0.25) is 0 Å². The molecule has 0 aliphatic carbocycles. The van der Waals surface area contributed by atoms with Crippen molar-refractivity contribution in [2.75, 3.05) is 17.9 Å². The fourth-order valence-corrected chi connectivity index (χ4v) is 3.08. The van der Waals surface area contributed by atoms with Crippen LogP contribution in [0.3, 0.4) is 0 Å². The Labute approximate surface area is 147 Å². The van der Waals surface area contributed by atoms with Crippen molar-refractivity contribution in [2.24, 2.45) is 0 Å². The number of amides is 1. The fourth-order valence-electron chi connectivity index (χ4n) is 2.02. The van der Waals surface area contributed by atoms with Crippen molar-refractivity contribution in [1.29, 1.82) is 0 Å². The predicted molar refractivity (Wildman–Crippen MR) is 96.0 cm³/mol. The molecular weight excluding hydrogens is 340 g/mol. The third-order valence-corrected chi connectivity index (χ3v) is 4.59. The van der Waals surface area contributed by atoms with Gasteiger partial charge in [0.1, 0.15) is 5.75 Å². The summed E-state index contributed by atoms with van der Waals surface area (Å²) in [7, 11) is -3.72. The van der Waals surface area contributed by atoms with Crippen LogP contribution in [-0.2, 0) is 10.0 Å². The molecule has 2 rings (SSSR count). The Kier molecular flexibility index (Phi) is 6.03. The molecule has 0 heterocycles. The largest absolute Gasteiger partial charge is 0.494 e. The molecule has 0 fully saturated rings. The van der Waals surface area contributed by atoms with Crippen LogP contribution >= 0.6 is 0 Å². The molecule has 0 unspecified atom stereocenters. The molecule has 7 heteroatoms. The lowest BCUT2D eigenvalue weighted by atomic mass is 10.2. The molecule has 0 spiro atoms. The van der Waals surface area contributed by atoms with Crippen LogP contribution in [0.1, 0.15) is 17.3 Å². The van der Waals surface area contributed by atoms with E-state index >= 15 is 0 Å². The Morgan fingerprint density at radius 2 is 1.76 bits per heavy atom. The van der Waals surface area contributed by atoms with Gasteiger partial charge in [-0.25, -0.2) is 8.42 Å². The number of nitrogens with one attached hydrogen (secondary N) is 2. The first kappa shape index (κ1) is 18.4. The van der Waals surface area contributed by atoms with Crippen molar-refractivity contribution >= 4 is 21.6 Å². The summed E-state index contributed by atoms with van der Waals surface area (Å²) in [5.74, 6) is 2.59. The first-order chi connectivity index (χ1) is 12.0. The number of carbonyl (C=O) groups is 1. The highest BCUT2D eigenvalue weighted by atomic mass is 32.2. The minimum Gasteiger partial charge on any atom is -0.494 e. The van der Waals surface area contributed by atoms with Crippen LogP contribution in [0.25, 0.3) is 0 Å². The maximum absolute atomic E-state index is 12.4. The van der Waals surface area contributed by atoms with E-state index in [0.717, 1.165) is 0 Å². The number of terminal acetylenes is 1. The smallest absolute Gasteiger partial charge is 0.261 e. The average Bonchev–Trinajstić information content (AvgIpc) is 2.61. The second-order valence-electron chi connectivity index (χ2n) is 4.97. The summed E-state index contributed by atoms with van der Waals surface area (Å²) >= 11 is 0. The summed E-state index contributed by atoms with van der Waals surface area (Å²) in [5, 5.41) is 2.53. The Morgan fingerprint density at radius 1 is 1.12 bits per heavy atom. The molecule has 0 saturated heterocycles. The van der Waals surface area contributed by atoms with Crippen LogP contribution < -0.4 is 14.8 Å². The third kappa shape index (κ3) is 4.99. The maximum atomic E-state index is 12.4. The lowest BCUT2D eigenvalue weighted by Crippen LogP contribution is -2.23. The zero-order valence-corrected chi connectivity index (χ0v) is 14.5. The van der Waals surface area contributed by atoms with Gasteiger partial charge in [-0.2, -0.15) is 0 Å². The maximum Gasteiger partial charge on any atom is 0.261 e. The first-order valence-corrected chi connectivity index (χ1v) is 9.02. The van der Waals surface area contributed by atoms with Crippen LogP contribution in [0.5, 0.6) is 5.75 Å². The lowest BCUT2D eigenvalue weighted by molar-refractivity contribution is 0.0958. The molecule has 0 atom stereocenters. The van der Waals surface area contributed by atoms with Gasteiger partial charge in [-0.05, 0) is 55.5 Å². The van der Waals surface area contributed by atoms with Crippen molar-refractivity contribution < 1.29 is 17.9 Å². The number of hydrogen-bond donors (Lipinski definition) is 2. The molecule has 0 aliphatic heterocycles. The van der Waals surface area contributed by atoms with Crippen LogP contribution in [0, 0.1) is 12.3 Å². The molecular formula is C18H18N2O4S. The summed E-state index contributed by atoms with van der Waals surface area (Å²) in [6.45, 7) is 2.49. The monoisotopic (exact) mass is 358 g/mol. The lowest BCUT2D eigenvalue weighted by Gasteiger charge is -2.10. The Hall–Kier alpha value is -2.98. The van der Waals surface area contributed by atoms with Gasteiger partial charge in [0.25, 0.3) is 15.9 Å². The second kappa shape index (κ2) is 8.22. The van der Waals surface area contributed by atoms with E-state index in [4.69, 9.17) is 11.2 Å². The third-order valence-electron chi connectivity index (χ3n) is 3.20. The van der Waals surface area contributed by atoms with Gasteiger partial charge in [0.05, 0.1) is 18.0 Å². The minimum absolute atomic E-state index is 0.117. The van der Waals surface area contributed by atoms with E-state index in [9.17, 15) is 13.2 Å². The molecule has 2 aromatic rings. The van der Waals surface area contributed by atoms with E-state index < -0.39 is 10.0 Å². The van der Waals surface area contributed by atoms with Gasteiger partial charge in [0.15, 0.2) is 0 Å². The fraction of sp³-hybridized carbons (Fsp3) is 0.167. The van der Waals surface area contributed by atoms with E-state index in [1.165, 1.54) is 36.4 Å². The van der Waals surface area contributed by atoms with Crippen LogP contribution in [0.15, 0.2) is 53.4 Å². The number of rotatable bonds is 7. The summed E-state index contributed by atoms with van der Waals surface area (Å²) in [6, 6.07) is 12.2. The zero-order chi connectivity index (χ0) is 18.3. The number of ether oxygens (including phenoxy) is 1. The van der Waals surface area contributed by atoms with E-state index in [2.05, 4.69) is 16.0 Å². The van der Waals surface area contributed by atoms with Gasteiger partial charge < -0.3 is 10.1 Å². The normalized spacial score (nSPS) is 10.6. The van der Waals surface area contributed by atoms with Gasteiger partial charge >= 0.3 is 0 Å². The number of benzene rings is 2. The van der Waals surface area contributed by atoms with E-state index in [-0.39, 0.29) is 17.3 Å². The van der Waals surface area contributed by atoms with E-state index in [1.807, 2.05) is 6.92 Å². The van der Waals surface area contributed by atoms with Crippen molar-refractivity contribution in [3.8, 4) is 18.1 Å². The first-order valence-electron chi connectivity index (χ1n) is 7.53. The van der Waals surface area contributed by atoms with Gasteiger partial charge in [-0.15, -0.1) is 6.42 Å². The summed E-state index contributed by atoms with van der Waals surface area (Å²) in [5.41, 5.74) is 0.738. The molecule has 0 aromatic heterocycles. The van der Waals surface area contributed by atoms with E-state index in [1.54, 1.807) is 12.1 Å². The Morgan fingerprint density at radius 3 is 2.32 bits per heavy atom. The van der Waals surface area contributed by atoms with Crippen molar-refractivity contribution in [3.63, 3.8) is 0 Å².